The lowest BCUT2D eigenvalue weighted by Gasteiger charge is -2.15. The topological polar surface area (TPSA) is 57.8 Å². The van der Waals surface area contributed by atoms with Crippen LogP contribution in [0.2, 0.25) is 0 Å². The molecule has 0 saturated heterocycles. The molecule has 1 heterocycles. The zero-order valence-electron chi connectivity index (χ0n) is 15.9. The second kappa shape index (κ2) is 8.09. The number of hydrogen-bond donors (Lipinski definition) is 2. The van der Waals surface area contributed by atoms with Crippen molar-refractivity contribution in [3.8, 4) is 11.3 Å². The molecule has 4 aromatic rings. The summed E-state index contributed by atoms with van der Waals surface area (Å²) in [4.78, 5) is 20.5. The number of nitrogens with zero attached hydrogens (tertiary/aromatic N) is 1. The summed E-state index contributed by atoms with van der Waals surface area (Å²) in [6.45, 7) is 2.05. The van der Waals surface area contributed by atoms with E-state index < -0.39 is 0 Å². The molecular weight excluding hydrogens is 346 g/mol. The summed E-state index contributed by atoms with van der Waals surface area (Å²) in [7, 11) is 0. The van der Waals surface area contributed by atoms with E-state index in [0.29, 0.717) is 6.42 Å². The normalized spacial score (nSPS) is 12.0. The van der Waals surface area contributed by atoms with E-state index in [1.54, 1.807) is 0 Å². The number of rotatable bonds is 6. The maximum absolute atomic E-state index is 12.6. The lowest BCUT2D eigenvalue weighted by molar-refractivity contribution is -0.121. The second-order valence-corrected chi connectivity index (χ2v) is 6.93. The number of fused-ring (bicyclic) bond motifs is 1. The summed E-state index contributed by atoms with van der Waals surface area (Å²) in [5, 5.41) is 5.45. The standard InChI is InChI=1S/C24H23N3O/c1-2-21(24-25-16-22(27-24)19-9-4-3-5-10-19)26-23(28)15-17-12-13-18-8-6-7-11-20(18)14-17/h3-14,16,21H,2,15H2,1H3,(H,25,27)(H,26,28). The zero-order chi connectivity index (χ0) is 19.3. The SMILES string of the molecule is CCC(NC(=O)Cc1ccc2ccccc2c1)c1ncc(-c2ccccc2)[nH]1. The van der Waals surface area contributed by atoms with Gasteiger partial charge >= 0.3 is 0 Å². The number of hydrogen-bond acceptors (Lipinski definition) is 2. The maximum atomic E-state index is 12.6. The maximum Gasteiger partial charge on any atom is 0.225 e. The Morgan fingerprint density at radius 1 is 1.00 bits per heavy atom. The number of carbonyl (C=O) groups is 1. The smallest absolute Gasteiger partial charge is 0.225 e. The van der Waals surface area contributed by atoms with Gasteiger partial charge < -0.3 is 10.3 Å². The Hall–Kier alpha value is -3.40. The number of carbonyl (C=O) groups excluding carboxylic acids is 1. The molecular formula is C24H23N3O. The van der Waals surface area contributed by atoms with Gasteiger partial charge in [-0.2, -0.15) is 0 Å². The molecule has 0 bridgehead atoms. The van der Waals surface area contributed by atoms with Crippen molar-refractivity contribution in [2.45, 2.75) is 25.8 Å². The molecule has 1 unspecified atom stereocenters. The summed E-state index contributed by atoms with van der Waals surface area (Å²) < 4.78 is 0. The number of aromatic amines is 1. The van der Waals surface area contributed by atoms with Gasteiger partial charge in [-0.1, -0.05) is 79.7 Å². The predicted molar refractivity (Wildman–Crippen MR) is 113 cm³/mol. The Kier molecular flexibility index (Phi) is 5.20. The van der Waals surface area contributed by atoms with Crippen LogP contribution in [-0.4, -0.2) is 15.9 Å². The van der Waals surface area contributed by atoms with Crippen LogP contribution in [-0.2, 0) is 11.2 Å². The van der Waals surface area contributed by atoms with Gasteiger partial charge in [-0.15, -0.1) is 0 Å². The van der Waals surface area contributed by atoms with Crippen LogP contribution in [0.4, 0.5) is 0 Å². The highest BCUT2D eigenvalue weighted by molar-refractivity contribution is 5.85. The molecule has 1 aromatic heterocycles. The fourth-order valence-corrected chi connectivity index (χ4v) is 3.42. The Morgan fingerprint density at radius 3 is 2.54 bits per heavy atom. The third kappa shape index (κ3) is 3.96. The van der Waals surface area contributed by atoms with E-state index in [2.05, 4.69) is 39.6 Å². The van der Waals surface area contributed by atoms with Crippen molar-refractivity contribution in [3.05, 3.63) is 90.4 Å². The number of amides is 1. The highest BCUT2D eigenvalue weighted by Crippen LogP contribution is 2.21. The van der Waals surface area contributed by atoms with Crippen LogP contribution in [0.1, 0.15) is 30.8 Å². The fourth-order valence-electron chi connectivity index (χ4n) is 3.42. The molecule has 0 radical (unpaired) electrons. The van der Waals surface area contributed by atoms with Crippen molar-refractivity contribution in [2.75, 3.05) is 0 Å². The number of aromatic nitrogens is 2. The van der Waals surface area contributed by atoms with E-state index in [9.17, 15) is 4.79 Å². The molecule has 0 aliphatic carbocycles. The van der Waals surface area contributed by atoms with Gasteiger partial charge in [0.05, 0.1) is 24.4 Å². The van der Waals surface area contributed by atoms with Crippen molar-refractivity contribution in [1.29, 1.82) is 0 Å². The molecule has 0 aliphatic rings. The number of nitrogens with one attached hydrogen (secondary N) is 2. The average Bonchev–Trinajstić information content (AvgIpc) is 3.22. The number of H-pyrrole nitrogens is 1. The van der Waals surface area contributed by atoms with E-state index in [-0.39, 0.29) is 11.9 Å². The largest absolute Gasteiger partial charge is 0.346 e. The zero-order valence-corrected chi connectivity index (χ0v) is 15.9. The van der Waals surface area contributed by atoms with Gasteiger partial charge in [0.25, 0.3) is 0 Å². The summed E-state index contributed by atoms with van der Waals surface area (Å²) in [6.07, 6.45) is 2.95. The van der Waals surface area contributed by atoms with Crippen LogP contribution in [0, 0.1) is 0 Å². The summed E-state index contributed by atoms with van der Waals surface area (Å²) in [5.41, 5.74) is 3.05. The molecule has 0 saturated carbocycles. The highest BCUT2D eigenvalue weighted by atomic mass is 16.1. The molecule has 0 fully saturated rings. The van der Waals surface area contributed by atoms with Crippen molar-refractivity contribution in [3.63, 3.8) is 0 Å². The van der Waals surface area contributed by atoms with Crippen LogP contribution in [0.3, 0.4) is 0 Å². The Bertz CT molecular complexity index is 1090. The number of benzene rings is 3. The van der Waals surface area contributed by atoms with Gasteiger partial charge in [-0.05, 0) is 28.3 Å². The molecule has 4 rings (SSSR count). The van der Waals surface area contributed by atoms with E-state index in [4.69, 9.17) is 0 Å². The Morgan fingerprint density at radius 2 is 1.75 bits per heavy atom. The van der Waals surface area contributed by atoms with Crippen molar-refractivity contribution >= 4 is 16.7 Å². The minimum Gasteiger partial charge on any atom is -0.346 e. The fraction of sp³-hybridized carbons (Fsp3) is 0.167. The summed E-state index contributed by atoms with van der Waals surface area (Å²) >= 11 is 0. The van der Waals surface area contributed by atoms with Crippen molar-refractivity contribution in [2.24, 2.45) is 0 Å². The van der Waals surface area contributed by atoms with Gasteiger partial charge in [0.1, 0.15) is 5.82 Å². The third-order valence-corrected chi connectivity index (χ3v) is 4.93. The Labute approximate surface area is 164 Å². The molecule has 4 heteroatoms. The van der Waals surface area contributed by atoms with Gasteiger partial charge in [-0.25, -0.2) is 4.98 Å². The molecule has 0 spiro atoms. The first-order valence-corrected chi connectivity index (χ1v) is 9.60. The minimum absolute atomic E-state index is 0.000192. The molecule has 2 N–H and O–H groups in total. The first kappa shape index (κ1) is 18.0. The van der Waals surface area contributed by atoms with Gasteiger partial charge in [0.2, 0.25) is 5.91 Å². The average molecular weight is 369 g/mol. The number of imidazole rings is 1. The monoisotopic (exact) mass is 369 g/mol. The van der Waals surface area contributed by atoms with Gasteiger partial charge in [0, 0.05) is 0 Å². The molecule has 1 atom stereocenters. The molecule has 1 amide bonds. The minimum atomic E-state index is -0.134. The first-order valence-electron chi connectivity index (χ1n) is 9.60. The van der Waals surface area contributed by atoms with Crippen LogP contribution < -0.4 is 5.32 Å². The molecule has 28 heavy (non-hydrogen) atoms. The van der Waals surface area contributed by atoms with E-state index in [1.165, 1.54) is 5.39 Å². The predicted octanol–water partition coefficient (Wildman–Crippen LogP) is 5.04. The van der Waals surface area contributed by atoms with E-state index >= 15 is 0 Å². The second-order valence-electron chi connectivity index (χ2n) is 6.93. The van der Waals surface area contributed by atoms with Crippen molar-refractivity contribution in [1.82, 2.24) is 15.3 Å². The van der Waals surface area contributed by atoms with Crippen LogP contribution in [0.15, 0.2) is 79.0 Å². The summed E-state index contributed by atoms with van der Waals surface area (Å²) in [6, 6.07) is 24.3. The van der Waals surface area contributed by atoms with Crippen LogP contribution in [0.5, 0.6) is 0 Å². The summed E-state index contributed by atoms with van der Waals surface area (Å²) in [5.74, 6) is 0.785. The van der Waals surface area contributed by atoms with Crippen molar-refractivity contribution < 1.29 is 4.79 Å². The molecule has 0 aliphatic heterocycles. The van der Waals surface area contributed by atoms with Gasteiger partial charge in [-0.3, -0.25) is 4.79 Å². The molecule has 3 aromatic carbocycles. The first-order chi connectivity index (χ1) is 13.7. The van der Waals surface area contributed by atoms with Crippen LogP contribution >= 0.6 is 0 Å². The quantitative estimate of drug-likeness (QED) is 0.500. The Balaban J connectivity index is 1.45. The highest BCUT2D eigenvalue weighted by Gasteiger charge is 2.16. The molecule has 4 nitrogen and oxygen atoms in total. The van der Waals surface area contributed by atoms with E-state index in [0.717, 1.165) is 34.5 Å². The van der Waals surface area contributed by atoms with Crippen LogP contribution in [0.25, 0.3) is 22.0 Å². The lowest BCUT2D eigenvalue weighted by Crippen LogP contribution is -2.30. The third-order valence-electron chi connectivity index (χ3n) is 4.93. The van der Waals surface area contributed by atoms with E-state index in [1.807, 2.05) is 61.7 Å². The lowest BCUT2D eigenvalue weighted by atomic mass is 10.0. The van der Waals surface area contributed by atoms with Gasteiger partial charge in [0.15, 0.2) is 0 Å². The molecule has 140 valence electrons.